The summed E-state index contributed by atoms with van der Waals surface area (Å²) < 4.78 is 24.7. The van der Waals surface area contributed by atoms with Gasteiger partial charge >= 0.3 is 0 Å². The van der Waals surface area contributed by atoms with Crippen molar-refractivity contribution in [2.45, 2.75) is 33.3 Å². The van der Waals surface area contributed by atoms with E-state index in [9.17, 15) is 4.79 Å². The van der Waals surface area contributed by atoms with Crippen LogP contribution in [0.4, 0.5) is 0 Å². The van der Waals surface area contributed by atoms with Gasteiger partial charge in [0.15, 0.2) is 5.76 Å². The zero-order valence-corrected chi connectivity index (χ0v) is 24.0. The Labute approximate surface area is 238 Å². The summed E-state index contributed by atoms with van der Waals surface area (Å²) >= 11 is 2.97. The number of imidazole rings is 1. The van der Waals surface area contributed by atoms with E-state index in [1.807, 2.05) is 56.3 Å². The number of carbonyl (C=O) groups excluding carboxylic acids is 1. The van der Waals surface area contributed by atoms with Crippen LogP contribution in [0.15, 0.2) is 53.1 Å². The first-order valence-corrected chi connectivity index (χ1v) is 14.2. The fourth-order valence-corrected chi connectivity index (χ4v) is 6.07. The van der Waals surface area contributed by atoms with Gasteiger partial charge in [-0.3, -0.25) is 4.79 Å². The summed E-state index contributed by atoms with van der Waals surface area (Å²) in [6.45, 7) is 4.29. The molecule has 0 aliphatic carbocycles. The van der Waals surface area contributed by atoms with Crippen LogP contribution in [0.2, 0.25) is 0 Å². The van der Waals surface area contributed by atoms with E-state index >= 15 is 0 Å². The fourth-order valence-electron chi connectivity index (χ4n) is 4.53. The number of methoxy groups -OCH3 is 2. The van der Waals surface area contributed by atoms with E-state index in [2.05, 4.69) is 15.1 Å². The highest BCUT2D eigenvalue weighted by Gasteiger charge is 2.17. The predicted molar refractivity (Wildman–Crippen MR) is 154 cm³/mol. The highest BCUT2D eigenvalue weighted by Crippen LogP contribution is 2.37. The van der Waals surface area contributed by atoms with Crippen LogP contribution in [0.25, 0.3) is 27.4 Å². The summed E-state index contributed by atoms with van der Waals surface area (Å²) in [6, 6.07) is 13.5. The molecule has 0 amide bonds. The number of nitrogens with zero attached hydrogens (tertiary/aromatic N) is 4. The molecule has 0 bridgehead atoms. The molecule has 0 fully saturated rings. The number of aryl methyl sites for hydroxylation is 2. The number of fused-ring (bicyclic) bond motifs is 2. The lowest BCUT2D eigenvalue weighted by Crippen LogP contribution is -2.08. The molecular formula is C29H26N4O5S2. The third kappa shape index (κ3) is 5.30. The minimum absolute atomic E-state index is 0.139. The van der Waals surface area contributed by atoms with Crippen LogP contribution in [0.3, 0.4) is 0 Å². The number of aromatic nitrogens is 4. The molecule has 40 heavy (non-hydrogen) atoms. The van der Waals surface area contributed by atoms with E-state index < -0.39 is 0 Å². The number of hydrogen-bond acceptors (Lipinski definition) is 10. The number of rotatable bonds is 10. The van der Waals surface area contributed by atoms with Crippen LogP contribution in [-0.2, 0) is 24.2 Å². The van der Waals surface area contributed by atoms with E-state index in [-0.39, 0.29) is 5.78 Å². The standard InChI is InChI=1S/C29H26N4O5S2/c1-16-23(30-17(2)39-16)10-20(34)9-18-6-5-7-19(8-18)15-37-25-11-21(35-3)12-26-22(25)13-27(38-26)24-14-33-28(31-24)40-29(32-33)36-4/h5-8,11-14H,9-10,15H2,1-4H3. The average Bonchev–Trinajstić information content (AvgIpc) is 3.69. The van der Waals surface area contributed by atoms with E-state index in [4.69, 9.17) is 18.6 Å². The van der Waals surface area contributed by atoms with Gasteiger partial charge in [0.05, 0.1) is 42.9 Å². The number of ketones is 1. The number of thiazole rings is 1. The van der Waals surface area contributed by atoms with Crippen LogP contribution in [-0.4, -0.2) is 39.6 Å². The lowest BCUT2D eigenvalue weighted by Gasteiger charge is -2.10. The van der Waals surface area contributed by atoms with Crippen LogP contribution in [0.5, 0.6) is 16.7 Å². The highest BCUT2D eigenvalue weighted by atomic mass is 32.1. The Morgan fingerprint density at radius 1 is 1.00 bits per heavy atom. The topological polar surface area (TPSA) is 101 Å². The summed E-state index contributed by atoms with van der Waals surface area (Å²) in [5.41, 5.74) is 4.06. The Kier molecular flexibility index (Phi) is 6.99. The molecule has 4 heterocycles. The lowest BCUT2D eigenvalue weighted by atomic mass is 10.0. The molecule has 0 atom stereocenters. The predicted octanol–water partition coefficient (Wildman–Crippen LogP) is 6.23. The molecule has 6 aromatic rings. The second-order valence-corrected chi connectivity index (χ2v) is 11.6. The molecule has 9 nitrogen and oxygen atoms in total. The second-order valence-electron chi connectivity index (χ2n) is 9.31. The van der Waals surface area contributed by atoms with Gasteiger partial charge in [-0.05, 0) is 42.4 Å². The molecule has 4 aromatic heterocycles. The van der Waals surface area contributed by atoms with Gasteiger partial charge in [-0.25, -0.2) is 14.5 Å². The summed E-state index contributed by atoms with van der Waals surface area (Å²) in [5, 5.41) is 6.66. The number of Topliss-reactive ketones (excluding diaryl/α,β-unsaturated/α-hetero) is 1. The number of ether oxygens (including phenoxy) is 3. The Balaban J connectivity index is 1.20. The molecule has 0 saturated carbocycles. The van der Waals surface area contributed by atoms with Crippen molar-refractivity contribution in [3.05, 3.63) is 75.4 Å². The van der Waals surface area contributed by atoms with E-state index in [1.54, 1.807) is 36.3 Å². The Morgan fingerprint density at radius 2 is 1.85 bits per heavy atom. The number of hydrogen-bond donors (Lipinski definition) is 0. The molecule has 0 aliphatic rings. The van der Waals surface area contributed by atoms with Gasteiger partial charge in [0.25, 0.3) is 5.19 Å². The Bertz CT molecular complexity index is 1820. The lowest BCUT2D eigenvalue weighted by molar-refractivity contribution is -0.117. The monoisotopic (exact) mass is 574 g/mol. The van der Waals surface area contributed by atoms with Crippen molar-refractivity contribution < 1.29 is 23.4 Å². The van der Waals surface area contributed by atoms with E-state index in [0.29, 0.717) is 58.1 Å². The van der Waals surface area contributed by atoms with Crippen LogP contribution in [0, 0.1) is 13.8 Å². The van der Waals surface area contributed by atoms with E-state index in [1.165, 1.54) is 11.3 Å². The fraction of sp³-hybridized carbons (Fsp3) is 0.241. The quantitative estimate of drug-likeness (QED) is 0.190. The van der Waals surface area contributed by atoms with Crippen molar-refractivity contribution in [1.82, 2.24) is 19.6 Å². The maximum atomic E-state index is 12.7. The van der Waals surface area contributed by atoms with Crippen molar-refractivity contribution in [2.24, 2.45) is 0 Å². The normalized spacial score (nSPS) is 11.4. The third-order valence-corrected chi connectivity index (χ3v) is 8.22. The van der Waals surface area contributed by atoms with Crippen LogP contribution >= 0.6 is 22.7 Å². The molecule has 0 saturated heterocycles. The molecule has 0 N–H and O–H groups in total. The first-order valence-electron chi connectivity index (χ1n) is 12.6. The number of benzene rings is 2. The van der Waals surface area contributed by atoms with Gasteiger partial charge < -0.3 is 18.6 Å². The van der Waals surface area contributed by atoms with Crippen molar-refractivity contribution in [2.75, 3.05) is 14.2 Å². The van der Waals surface area contributed by atoms with Gasteiger partial charge in [0, 0.05) is 23.4 Å². The Morgan fingerprint density at radius 3 is 2.60 bits per heavy atom. The Hall–Kier alpha value is -4.22. The van der Waals surface area contributed by atoms with Gasteiger partial charge in [0.2, 0.25) is 4.96 Å². The van der Waals surface area contributed by atoms with Crippen molar-refractivity contribution in [3.63, 3.8) is 0 Å². The van der Waals surface area contributed by atoms with Gasteiger partial charge in [-0.2, -0.15) is 0 Å². The SMILES string of the molecule is COc1cc(OCc2cccc(CC(=O)Cc3nc(C)sc3C)c2)c2cc(-c3cn4nc(OC)sc4n3)oc2c1. The molecule has 0 aliphatic heterocycles. The molecule has 6 rings (SSSR count). The molecule has 0 spiro atoms. The zero-order valence-electron chi connectivity index (χ0n) is 22.4. The molecule has 2 aromatic carbocycles. The number of furan rings is 1. The molecule has 0 unspecified atom stereocenters. The highest BCUT2D eigenvalue weighted by molar-refractivity contribution is 7.18. The first kappa shape index (κ1) is 26.0. The van der Waals surface area contributed by atoms with Crippen molar-refractivity contribution in [1.29, 1.82) is 0 Å². The minimum atomic E-state index is 0.139. The molecule has 204 valence electrons. The van der Waals surface area contributed by atoms with Gasteiger partial charge in [-0.1, -0.05) is 24.3 Å². The minimum Gasteiger partial charge on any atom is -0.496 e. The van der Waals surface area contributed by atoms with Gasteiger partial charge in [0.1, 0.15) is 35.2 Å². The summed E-state index contributed by atoms with van der Waals surface area (Å²) in [6.07, 6.45) is 2.49. The number of carbonyl (C=O) groups is 1. The molecule has 0 radical (unpaired) electrons. The largest absolute Gasteiger partial charge is 0.496 e. The third-order valence-electron chi connectivity index (χ3n) is 6.41. The zero-order chi connectivity index (χ0) is 27.8. The second kappa shape index (κ2) is 10.7. The van der Waals surface area contributed by atoms with Crippen LogP contribution < -0.4 is 14.2 Å². The van der Waals surface area contributed by atoms with Crippen LogP contribution in [0.1, 0.15) is 26.7 Å². The van der Waals surface area contributed by atoms with Gasteiger partial charge in [-0.15, -0.1) is 16.4 Å². The summed E-state index contributed by atoms with van der Waals surface area (Å²) in [4.78, 5) is 23.7. The summed E-state index contributed by atoms with van der Waals surface area (Å²) in [7, 11) is 3.18. The average molecular weight is 575 g/mol. The molecule has 11 heteroatoms. The maximum Gasteiger partial charge on any atom is 0.294 e. The van der Waals surface area contributed by atoms with Crippen molar-refractivity contribution in [3.8, 4) is 28.1 Å². The van der Waals surface area contributed by atoms with E-state index in [0.717, 1.165) is 32.1 Å². The maximum absolute atomic E-state index is 12.7. The smallest absolute Gasteiger partial charge is 0.294 e. The first-order chi connectivity index (χ1) is 19.4. The van der Waals surface area contributed by atoms with Crippen molar-refractivity contribution >= 4 is 44.4 Å². The summed E-state index contributed by atoms with van der Waals surface area (Å²) in [5.74, 6) is 1.98. The molecular weight excluding hydrogens is 548 g/mol.